The summed E-state index contributed by atoms with van der Waals surface area (Å²) in [5.41, 5.74) is 2.25. The third-order valence-corrected chi connectivity index (χ3v) is 8.28. The Hall–Kier alpha value is -3.96. The van der Waals surface area contributed by atoms with Crippen LogP contribution in [0.2, 0.25) is 5.02 Å². The van der Waals surface area contributed by atoms with E-state index in [-0.39, 0.29) is 24.2 Å². The van der Waals surface area contributed by atoms with Crippen LogP contribution < -0.4 is 20.3 Å². The number of piperazine rings is 1. The predicted octanol–water partition coefficient (Wildman–Crippen LogP) is 4.59. The summed E-state index contributed by atoms with van der Waals surface area (Å²) in [6.07, 6.45) is 0.964. The van der Waals surface area contributed by atoms with Crippen LogP contribution in [0.1, 0.15) is 31.7 Å². The van der Waals surface area contributed by atoms with E-state index in [1.807, 2.05) is 61.2 Å². The average molecular weight is 661 g/mol. The third-order valence-electron chi connectivity index (χ3n) is 8.03. The smallest absolute Gasteiger partial charge is 0.266 e. The normalized spacial score (nSPS) is 13.9. The first kappa shape index (κ1) is 34.4. The Labute approximate surface area is 281 Å². The molecule has 1 N–H and O–H groups in total. The fraction of sp³-hybridized carbons (Fsp3) is 0.417. The monoisotopic (exact) mass is 660 g/mol. The summed E-state index contributed by atoms with van der Waals surface area (Å²) in [5, 5.41) is 4.70. The van der Waals surface area contributed by atoms with E-state index in [1.165, 1.54) is 0 Å². The summed E-state index contributed by atoms with van der Waals surface area (Å²) in [5.74, 6) is 1.80. The lowest BCUT2D eigenvalue weighted by molar-refractivity contribution is -0.135. The van der Waals surface area contributed by atoms with E-state index >= 15 is 0 Å². The van der Waals surface area contributed by atoms with Gasteiger partial charge in [0.1, 0.15) is 17.3 Å². The minimum absolute atomic E-state index is 0.0348. The van der Waals surface area contributed by atoms with Crippen molar-refractivity contribution in [2.75, 3.05) is 60.0 Å². The van der Waals surface area contributed by atoms with Crippen molar-refractivity contribution in [1.82, 2.24) is 29.6 Å². The molecule has 1 amide bonds. The number of halogens is 1. The zero-order chi connectivity index (χ0) is 33.3. The second kappa shape index (κ2) is 16.2. The van der Waals surface area contributed by atoms with Crippen LogP contribution in [0.15, 0.2) is 71.5 Å². The number of hydrogen-bond acceptors (Lipinski definition) is 8. The maximum Gasteiger partial charge on any atom is 0.266 e. The summed E-state index contributed by atoms with van der Waals surface area (Å²) < 4.78 is 13.6. The van der Waals surface area contributed by atoms with Crippen LogP contribution in [0, 0.1) is 0 Å². The Bertz CT molecular complexity index is 1700. The molecule has 1 fully saturated rings. The van der Waals surface area contributed by atoms with Gasteiger partial charge in [0.2, 0.25) is 0 Å². The van der Waals surface area contributed by atoms with Crippen molar-refractivity contribution in [2.45, 2.75) is 39.5 Å². The Balaban J connectivity index is 1.36. The average Bonchev–Trinajstić information content (AvgIpc) is 3.05. The molecule has 2 heterocycles. The summed E-state index contributed by atoms with van der Waals surface area (Å²) in [4.78, 5) is 38.4. The van der Waals surface area contributed by atoms with E-state index < -0.39 is 0 Å². The van der Waals surface area contributed by atoms with Crippen molar-refractivity contribution in [2.24, 2.45) is 0 Å². The molecule has 0 aliphatic carbocycles. The number of nitrogens with one attached hydrogen (secondary N) is 1. The van der Waals surface area contributed by atoms with Crippen molar-refractivity contribution in [3.8, 4) is 17.2 Å². The Morgan fingerprint density at radius 1 is 1.02 bits per heavy atom. The van der Waals surface area contributed by atoms with E-state index in [1.54, 1.807) is 28.8 Å². The molecule has 4 aromatic rings. The maximum atomic E-state index is 14.2. The molecule has 250 valence electrons. The quantitative estimate of drug-likeness (QED) is 0.197. The van der Waals surface area contributed by atoms with Crippen molar-refractivity contribution >= 4 is 28.4 Å². The number of rotatable bonds is 14. The second-order valence-electron chi connectivity index (χ2n) is 12.4. The molecular weight excluding hydrogens is 616 g/mol. The van der Waals surface area contributed by atoms with Gasteiger partial charge < -0.3 is 24.6 Å². The lowest BCUT2D eigenvalue weighted by Gasteiger charge is -2.34. The van der Waals surface area contributed by atoms with Gasteiger partial charge in [0.05, 0.1) is 29.2 Å². The number of carbonyl (C=O) groups is 1. The molecule has 11 heteroatoms. The van der Waals surface area contributed by atoms with Gasteiger partial charge in [0, 0.05) is 37.7 Å². The van der Waals surface area contributed by atoms with Gasteiger partial charge in [0.25, 0.3) is 11.5 Å². The minimum atomic E-state index is -0.136. The van der Waals surface area contributed by atoms with Crippen LogP contribution in [0.4, 0.5) is 0 Å². The highest BCUT2D eigenvalue weighted by Gasteiger charge is 2.24. The fourth-order valence-electron chi connectivity index (χ4n) is 5.61. The zero-order valence-electron chi connectivity index (χ0n) is 27.7. The first-order valence-corrected chi connectivity index (χ1v) is 16.6. The Morgan fingerprint density at radius 2 is 1.77 bits per heavy atom. The Morgan fingerprint density at radius 3 is 2.49 bits per heavy atom. The molecule has 1 saturated heterocycles. The van der Waals surface area contributed by atoms with Crippen molar-refractivity contribution in [3.05, 3.63) is 93.5 Å². The minimum Gasteiger partial charge on any atom is -0.489 e. The summed E-state index contributed by atoms with van der Waals surface area (Å²) in [6, 6.07) is 20.5. The van der Waals surface area contributed by atoms with Crippen molar-refractivity contribution < 1.29 is 14.3 Å². The molecule has 1 aromatic heterocycles. The van der Waals surface area contributed by atoms with Crippen molar-refractivity contribution in [3.63, 3.8) is 0 Å². The van der Waals surface area contributed by atoms with E-state index in [9.17, 15) is 9.59 Å². The van der Waals surface area contributed by atoms with E-state index in [0.717, 1.165) is 25.1 Å². The topological polar surface area (TPSA) is 92.2 Å². The summed E-state index contributed by atoms with van der Waals surface area (Å²) in [6.45, 7) is 9.33. The molecule has 10 nitrogen and oxygen atoms in total. The lowest BCUT2D eigenvalue weighted by Crippen LogP contribution is -2.50. The van der Waals surface area contributed by atoms with Gasteiger partial charge in [-0.15, -0.1) is 0 Å². The number of carbonyl (C=O) groups excluding carboxylic acids is 1. The van der Waals surface area contributed by atoms with Gasteiger partial charge in [-0.05, 0) is 102 Å². The number of aromatic nitrogens is 2. The van der Waals surface area contributed by atoms with Crippen LogP contribution in [0.25, 0.3) is 16.6 Å². The highest BCUT2D eigenvalue weighted by molar-refractivity contribution is 6.30. The number of fused-ring (bicyclic) bond motifs is 1. The predicted molar refractivity (Wildman–Crippen MR) is 187 cm³/mol. The first-order chi connectivity index (χ1) is 22.7. The maximum absolute atomic E-state index is 14.2. The molecular formula is C36H45ClN6O4. The molecule has 3 aromatic carbocycles. The highest BCUT2D eigenvalue weighted by atomic mass is 35.5. The molecule has 0 saturated carbocycles. The largest absolute Gasteiger partial charge is 0.489 e. The molecule has 0 spiro atoms. The highest BCUT2D eigenvalue weighted by Crippen LogP contribution is 2.27. The molecule has 0 bridgehead atoms. The van der Waals surface area contributed by atoms with Gasteiger partial charge in [0.15, 0.2) is 6.61 Å². The molecule has 1 aliphatic heterocycles. The standard InChI is InChI=1S/C36H45ClN6O4/c1-26(2)47-33-15-10-27(23-38-16-7-17-40(3)4)22-32(33)43-34(39-31-9-6-5-8-30(31)36(43)45)24-41-18-20-42(21-19-41)35(44)25-46-29-13-11-28(37)12-14-29/h5-6,8-15,22,26,38H,7,16-21,23-25H2,1-4H3. The number of benzene rings is 3. The van der Waals surface area contributed by atoms with Gasteiger partial charge >= 0.3 is 0 Å². The number of para-hydroxylation sites is 1. The molecule has 0 radical (unpaired) electrons. The van der Waals surface area contributed by atoms with Gasteiger partial charge in [-0.25, -0.2) is 4.98 Å². The molecule has 0 unspecified atom stereocenters. The number of amides is 1. The third kappa shape index (κ3) is 9.32. The first-order valence-electron chi connectivity index (χ1n) is 16.2. The van der Waals surface area contributed by atoms with Crippen LogP contribution in [0.5, 0.6) is 11.5 Å². The number of hydrogen-bond donors (Lipinski definition) is 1. The van der Waals surface area contributed by atoms with Crippen LogP contribution in [-0.2, 0) is 17.9 Å². The second-order valence-corrected chi connectivity index (χ2v) is 12.8. The van der Waals surface area contributed by atoms with Gasteiger partial charge in [-0.2, -0.15) is 0 Å². The Kier molecular flexibility index (Phi) is 11.9. The molecule has 5 rings (SSSR count). The summed E-state index contributed by atoms with van der Waals surface area (Å²) in [7, 11) is 4.15. The number of ether oxygens (including phenoxy) is 2. The molecule has 1 aliphatic rings. The van der Waals surface area contributed by atoms with E-state index in [4.69, 9.17) is 26.1 Å². The van der Waals surface area contributed by atoms with Crippen LogP contribution in [0.3, 0.4) is 0 Å². The molecule has 0 atom stereocenters. The van der Waals surface area contributed by atoms with E-state index in [0.29, 0.717) is 78.2 Å². The SMILES string of the molecule is CC(C)Oc1ccc(CNCCCN(C)C)cc1-n1c(CN2CCN(C(=O)COc3ccc(Cl)cc3)CC2)nc2ccccc2c1=O. The molecule has 47 heavy (non-hydrogen) atoms. The number of nitrogens with zero attached hydrogens (tertiary/aromatic N) is 5. The van der Waals surface area contributed by atoms with Gasteiger partial charge in [-0.3, -0.25) is 19.1 Å². The van der Waals surface area contributed by atoms with Crippen LogP contribution in [-0.4, -0.2) is 96.2 Å². The zero-order valence-corrected chi connectivity index (χ0v) is 28.5. The van der Waals surface area contributed by atoms with Gasteiger partial charge in [-0.1, -0.05) is 29.8 Å². The lowest BCUT2D eigenvalue weighted by atomic mass is 10.1. The van der Waals surface area contributed by atoms with Crippen molar-refractivity contribution in [1.29, 1.82) is 0 Å². The van der Waals surface area contributed by atoms with E-state index in [2.05, 4.69) is 29.2 Å². The van der Waals surface area contributed by atoms with Crippen LogP contribution >= 0.6 is 11.6 Å². The fourth-order valence-corrected chi connectivity index (χ4v) is 5.74. The summed E-state index contributed by atoms with van der Waals surface area (Å²) >= 11 is 5.95.